The number of carbonyl (C=O) groups excluding carboxylic acids is 1. The van der Waals surface area contributed by atoms with Crippen molar-refractivity contribution in [1.29, 1.82) is 0 Å². The summed E-state index contributed by atoms with van der Waals surface area (Å²) in [5, 5.41) is 9.62. The van der Waals surface area contributed by atoms with Gasteiger partial charge in [0, 0.05) is 0 Å². The minimum absolute atomic E-state index is 0.0794. The van der Waals surface area contributed by atoms with E-state index in [9.17, 15) is 14.7 Å². The number of carboxylic acids is 1. The van der Waals surface area contributed by atoms with E-state index in [4.69, 9.17) is 4.74 Å². The molecule has 2 aliphatic rings. The third kappa shape index (κ3) is 3.63. The first-order valence-corrected chi connectivity index (χ1v) is 9.46. The van der Waals surface area contributed by atoms with E-state index in [-0.39, 0.29) is 24.3 Å². The minimum atomic E-state index is -0.985. The first-order valence-electron chi connectivity index (χ1n) is 9.46. The van der Waals surface area contributed by atoms with Gasteiger partial charge in [-0.25, -0.2) is 4.79 Å². The molecule has 1 aliphatic heterocycles. The molecular weight excluding hydrogens is 330 g/mol. The van der Waals surface area contributed by atoms with Crippen LogP contribution in [0.4, 0.5) is 0 Å². The molecule has 1 spiro atoms. The van der Waals surface area contributed by atoms with Crippen LogP contribution in [-0.4, -0.2) is 40.3 Å². The van der Waals surface area contributed by atoms with Gasteiger partial charge >= 0.3 is 5.97 Å². The third-order valence-electron chi connectivity index (χ3n) is 6.00. The Labute approximate surface area is 155 Å². The fourth-order valence-electron chi connectivity index (χ4n) is 4.42. The van der Waals surface area contributed by atoms with Crippen LogP contribution in [0.1, 0.15) is 52.0 Å². The van der Waals surface area contributed by atoms with Crippen molar-refractivity contribution in [3.05, 3.63) is 35.9 Å². The van der Waals surface area contributed by atoms with Gasteiger partial charge in [0.2, 0.25) is 5.91 Å². The molecule has 1 aliphatic carbocycles. The lowest BCUT2D eigenvalue weighted by Crippen LogP contribution is -2.56. The molecule has 1 aromatic carbocycles. The summed E-state index contributed by atoms with van der Waals surface area (Å²) < 4.78 is 6.01. The van der Waals surface area contributed by atoms with Crippen molar-refractivity contribution in [2.45, 2.75) is 64.6 Å². The van der Waals surface area contributed by atoms with E-state index in [2.05, 4.69) is 20.8 Å². The van der Waals surface area contributed by atoms with Crippen LogP contribution < -0.4 is 0 Å². The maximum absolute atomic E-state index is 13.1. The molecule has 2 fully saturated rings. The van der Waals surface area contributed by atoms with E-state index in [1.54, 1.807) is 4.90 Å². The smallest absolute Gasteiger partial charge is 0.328 e. The van der Waals surface area contributed by atoms with Crippen LogP contribution in [-0.2, 0) is 20.7 Å². The van der Waals surface area contributed by atoms with Gasteiger partial charge in [0.05, 0.1) is 13.0 Å². The molecule has 142 valence electrons. The van der Waals surface area contributed by atoms with Crippen LogP contribution >= 0.6 is 0 Å². The summed E-state index contributed by atoms with van der Waals surface area (Å²) in [4.78, 5) is 26.4. The first-order chi connectivity index (χ1) is 12.2. The lowest BCUT2D eigenvalue weighted by atomic mass is 9.70. The Bertz CT molecular complexity index is 656. The zero-order chi connectivity index (χ0) is 18.9. The predicted octanol–water partition coefficient (Wildman–Crippen LogP) is 3.47. The van der Waals surface area contributed by atoms with Crippen LogP contribution in [0.5, 0.6) is 0 Å². The molecule has 1 aromatic rings. The highest BCUT2D eigenvalue weighted by atomic mass is 16.5. The van der Waals surface area contributed by atoms with E-state index >= 15 is 0 Å². The normalized spacial score (nSPS) is 29.1. The van der Waals surface area contributed by atoms with E-state index in [1.165, 1.54) is 0 Å². The monoisotopic (exact) mass is 359 g/mol. The van der Waals surface area contributed by atoms with Crippen molar-refractivity contribution in [2.24, 2.45) is 11.3 Å². The summed E-state index contributed by atoms with van der Waals surface area (Å²) in [6, 6.07) is 8.59. The Kier molecular flexibility index (Phi) is 5.11. The topological polar surface area (TPSA) is 66.8 Å². The molecule has 1 saturated heterocycles. The maximum atomic E-state index is 13.1. The predicted molar refractivity (Wildman–Crippen MR) is 98.5 cm³/mol. The number of carbonyl (C=O) groups is 2. The van der Waals surface area contributed by atoms with Crippen molar-refractivity contribution in [3.8, 4) is 0 Å². The number of carboxylic acid groups (broad SMARTS) is 1. The van der Waals surface area contributed by atoms with E-state index in [0.717, 1.165) is 18.4 Å². The molecular formula is C21H29NO4. The molecule has 1 heterocycles. The third-order valence-corrected chi connectivity index (χ3v) is 6.00. The van der Waals surface area contributed by atoms with Crippen molar-refractivity contribution < 1.29 is 19.4 Å². The summed E-state index contributed by atoms with van der Waals surface area (Å²) in [5.74, 6) is -0.580. The van der Waals surface area contributed by atoms with E-state index in [0.29, 0.717) is 18.8 Å². The highest BCUT2D eigenvalue weighted by molar-refractivity contribution is 5.86. The number of benzene rings is 1. The fraction of sp³-hybridized carbons (Fsp3) is 0.619. The number of ether oxygens (including phenoxy) is 1. The summed E-state index contributed by atoms with van der Waals surface area (Å²) in [6.07, 6.45) is 3.52. The number of nitrogens with zero attached hydrogens (tertiary/aromatic N) is 1. The molecule has 1 atom stereocenters. The minimum Gasteiger partial charge on any atom is -0.480 e. The molecule has 3 rings (SSSR count). The maximum Gasteiger partial charge on any atom is 0.328 e. The molecule has 1 saturated carbocycles. The molecule has 26 heavy (non-hydrogen) atoms. The van der Waals surface area contributed by atoms with Crippen LogP contribution in [0.25, 0.3) is 0 Å². The van der Waals surface area contributed by atoms with E-state index in [1.807, 2.05) is 30.3 Å². The second kappa shape index (κ2) is 7.03. The first kappa shape index (κ1) is 18.9. The Morgan fingerprint density at radius 1 is 1.19 bits per heavy atom. The summed E-state index contributed by atoms with van der Waals surface area (Å²) in [7, 11) is 0. The molecule has 0 radical (unpaired) electrons. The highest BCUT2D eigenvalue weighted by Crippen LogP contribution is 2.47. The van der Waals surface area contributed by atoms with Gasteiger partial charge in [-0.3, -0.25) is 9.69 Å². The van der Waals surface area contributed by atoms with Gasteiger partial charge in [-0.1, -0.05) is 51.1 Å². The number of rotatable bonds is 3. The Hall–Kier alpha value is -1.88. The van der Waals surface area contributed by atoms with Gasteiger partial charge in [0.15, 0.2) is 6.04 Å². The largest absolute Gasteiger partial charge is 0.480 e. The summed E-state index contributed by atoms with van der Waals surface area (Å²) >= 11 is 0. The average Bonchev–Trinajstić information content (AvgIpc) is 2.94. The molecule has 1 unspecified atom stereocenters. The van der Waals surface area contributed by atoms with Crippen LogP contribution in [0.2, 0.25) is 0 Å². The number of aliphatic carboxylic acids is 1. The van der Waals surface area contributed by atoms with Crippen LogP contribution in [0.15, 0.2) is 30.3 Å². The van der Waals surface area contributed by atoms with Gasteiger partial charge in [-0.05, 0) is 42.6 Å². The Morgan fingerprint density at radius 3 is 2.35 bits per heavy atom. The standard InChI is InChI=1S/C21H29NO4/c1-20(2,3)16-9-11-21(12-10-16)22(17(14-26-21)19(24)25)18(23)13-15-7-5-4-6-8-15/h4-8,16-17H,9-14H2,1-3H3,(H,24,25). The fourth-order valence-corrected chi connectivity index (χ4v) is 4.42. The van der Waals surface area contributed by atoms with Crippen molar-refractivity contribution in [2.75, 3.05) is 6.61 Å². The van der Waals surface area contributed by atoms with Crippen LogP contribution in [0.3, 0.4) is 0 Å². The molecule has 5 nitrogen and oxygen atoms in total. The molecule has 1 N–H and O–H groups in total. The number of hydrogen-bond acceptors (Lipinski definition) is 3. The SMILES string of the molecule is CC(C)(C)C1CCC2(CC1)OCC(C(=O)O)N2C(=O)Cc1ccccc1. The van der Waals surface area contributed by atoms with Gasteiger partial charge < -0.3 is 9.84 Å². The lowest BCUT2D eigenvalue weighted by molar-refractivity contribution is -0.166. The van der Waals surface area contributed by atoms with Gasteiger partial charge in [-0.2, -0.15) is 0 Å². The zero-order valence-electron chi connectivity index (χ0n) is 15.9. The lowest BCUT2D eigenvalue weighted by Gasteiger charge is -2.46. The summed E-state index contributed by atoms with van der Waals surface area (Å²) in [6.45, 7) is 6.80. The van der Waals surface area contributed by atoms with Crippen molar-refractivity contribution in [3.63, 3.8) is 0 Å². The van der Waals surface area contributed by atoms with Crippen molar-refractivity contribution in [1.82, 2.24) is 4.90 Å². The number of hydrogen-bond donors (Lipinski definition) is 1. The Balaban J connectivity index is 1.81. The Morgan fingerprint density at radius 2 is 1.81 bits per heavy atom. The van der Waals surface area contributed by atoms with Gasteiger partial charge in [0.25, 0.3) is 0 Å². The second-order valence-corrected chi connectivity index (χ2v) is 8.68. The second-order valence-electron chi connectivity index (χ2n) is 8.68. The van der Waals surface area contributed by atoms with Crippen LogP contribution in [0, 0.1) is 11.3 Å². The van der Waals surface area contributed by atoms with Crippen molar-refractivity contribution >= 4 is 11.9 Å². The quantitative estimate of drug-likeness (QED) is 0.897. The molecule has 1 amide bonds. The highest BCUT2D eigenvalue weighted by Gasteiger charge is 2.54. The zero-order valence-corrected chi connectivity index (χ0v) is 15.9. The molecule has 0 bridgehead atoms. The molecule has 5 heteroatoms. The van der Waals surface area contributed by atoms with E-state index < -0.39 is 17.7 Å². The van der Waals surface area contributed by atoms with Gasteiger partial charge in [0.1, 0.15) is 5.72 Å². The van der Waals surface area contributed by atoms with Gasteiger partial charge in [-0.15, -0.1) is 0 Å². The molecule has 0 aromatic heterocycles. The number of amides is 1. The summed E-state index contributed by atoms with van der Waals surface area (Å²) in [5.41, 5.74) is 0.356. The average molecular weight is 359 g/mol.